The molecule has 0 bridgehead atoms. The predicted octanol–water partition coefficient (Wildman–Crippen LogP) is 2.71. The topological polar surface area (TPSA) is 102 Å². The zero-order valence-electron chi connectivity index (χ0n) is 13.8. The van der Waals surface area contributed by atoms with Gasteiger partial charge in [-0.1, -0.05) is 17.3 Å². The van der Waals surface area contributed by atoms with E-state index in [2.05, 4.69) is 26.0 Å². The minimum Gasteiger partial charge on any atom is -0.497 e. The largest absolute Gasteiger partial charge is 0.497 e. The van der Waals surface area contributed by atoms with Crippen LogP contribution in [0.5, 0.6) is 5.75 Å². The van der Waals surface area contributed by atoms with Crippen molar-refractivity contribution in [3.05, 3.63) is 53.8 Å². The van der Waals surface area contributed by atoms with E-state index in [4.69, 9.17) is 9.26 Å². The molecule has 1 amide bonds. The van der Waals surface area contributed by atoms with E-state index >= 15 is 0 Å². The molecule has 2 N–H and O–H groups in total. The second kappa shape index (κ2) is 7.43. The second-order valence-electron chi connectivity index (χ2n) is 5.32. The minimum atomic E-state index is -0.174. The fourth-order valence-corrected chi connectivity index (χ4v) is 2.14. The Bertz CT molecular complexity index is 843. The first-order valence-corrected chi connectivity index (χ1v) is 7.59. The highest BCUT2D eigenvalue weighted by Gasteiger charge is 2.07. The molecular weight excluding hydrogens is 322 g/mol. The number of nitrogens with zero attached hydrogens (tertiary/aromatic N) is 3. The van der Waals surface area contributed by atoms with E-state index in [1.807, 2.05) is 24.3 Å². The van der Waals surface area contributed by atoms with E-state index in [-0.39, 0.29) is 12.3 Å². The molecule has 0 spiro atoms. The lowest BCUT2D eigenvalue weighted by molar-refractivity contribution is -0.115. The molecule has 2 aromatic heterocycles. The second-order valence-corrected chi connectivity index (χ2v) is 5.32. The number of amides is 1. The zero-order valence-corrected chi connectivity index (χ0v) is 13.8. The SMILES string of the molecule is COc1ccc(CC(=O)Nc2ccc(Nc3cc(C)on3)nn2)cc1. The van der Waals surface area contributed by atoms with Crippen molar-refractivity contribution in [3.8, 4) is 5.75 Å². The van der Waals surface area contributed by atoms with Crippen LogP contribution in [-0.4, -0.2) is 28.4 Å². The molecule has 0 radical (unpaired) electrons. The van der Waals surface area contributed by atoms with Crippen LogP contribution < -0.4 is 15.4 Å². The number of carbonyl (C=O) groups excluding carboxylic acids is 1. The van der Waals surface area contributed by atoms with Crippen LogP contribution in [0.3, 0.4) is 0 Å². The fraction of sp³-hybridized carbons (Fsp3) is 0.176. The molecule has 0 aliphatic carbocycles. The Morgan fingerprint density at radius 3 is 2.40 bits per heavy atom. The van der Waals surface area contributed by atoms with Gasteiger partial charge in [-0.25, -0.2) is 0 Å². The normalized spacial score (nSPS) is 10.3. The Hall–Kier alpha value is -3.42. The lowest BCUT2D eigenvalue weighted by atomic mass is 10.1. The van der Waals surface area contributed by atoms with Crippen LogP contribution in [0, 0.1) is 6.92 Å². The van der Waals surface area contributed by atoms with Gasteiger partial charge >= 0.3 is 0 Å². The van der Waals surface area contributed by atoms with E-state index < -0.39 is 0 Å². The van der Waals surface area contributed by atoms with Crippen LogP contribution in [-0.2, 0) is 11.2 Å². The monoisotopic (exact) mass is 339 g/mol. The number of methoxy groups -OCH3 is 1. The van der Waals surface area contributed by atoms with E-state index in [0.29, 0.717) is 23.2 Å². The summed E-state index contributed by atoms with van der Waals surface area (Å²) in [6.45, 7) is 1.80. The van der Waals surface area contributed by atoms with Crippen molar-refractivity contribution in [2.24, 2.45) is 0 Å². The van der Waals surface area contributed by atoms with Crippen LogP contribution in [0.4, 0.5) is 17.5 Å². The Labute approximate surface area is 144 Å². The van der Waals surface area contributed by atoms with Crippen molar-refractivity contribution >= 4 is 23.4 Å². The molecule has 3 rings (SSSR count). The van der Waals surface area contributed by atoms with Gasteiger partial charge in [0.25, 0.3) is 0 Å². The van der Waals surface area contributed by atoms with Gasteiger partial charge in [-0.05, 0) is 36.8 Å². The molecular formula is C17H17N5O3. The number of carbonyl (C=O) groups is 1. The summed E-state index contributed by atoms with van der Waals surface area (Å²) in [7, 11) is 1.60. The fourth-order valence-electron chi connectivity index (χ4n) is 2.14. The van der Waals surface area contributed by atoms with E-state index in [0.717, 1.165) is 11.3 Å². The molecule has 0 aliphatic heterocycles. The summed E-state index contributed by atoms with van der Waals surface area (Å²) in [4.78, 5) is 12.1. The van der Waals surface area contributed by atoms with Gasteiger partial charge in [-0.15, -0.1) is 10.2 Å². The van der Waals surface area contributed by atoms with Gasteiger partial charge < -0.3 is 19.9 Å². The molecule has 8 nitrogen and oxygen atoms in total. The lowest BCUT2D eigenvalue weighted by Gasteiger charge is -2.06. The van der Waals surface area contributed by atoms with Crippen LogP contribution in [0.2, 0.25) is 0 Å². The average molecular weight is 339 g/mol. The molecule has 0 aliphatic rings. The number of anilines is 3. The smallest absolute Gasteiger partial charge is 0.229 e. The summed E-state index contributed by atoms with van der Waals surface area (Å²) in [5.74, 6) is 2.69. The number of ether oxygens (including phenoxy) is 1. The third-order valence-corrected chi connectivity index (χ3v) is 3.34. The van der Waals surface area contributed by atoms with Gasteiger partial charge in [0, 0.05) is 6.07 Å². The number of hydrogen-bond donors (Lipinski definition) is 2. The Balaban J connectivity index is 1.55. The Morgan fingerprint density at radius 2 is 1.80 bits per heavy atom. The number of benzene rings is 1. The minimum absolute atomic E-state index is 0.174. The van der Waals surface area contributed by atoms with Crippen molar-refractivity contribution in [1.29, 1.82) is 0 Å². The van der Waals surface area contributed by atoms with Crippen molar-refractivity contribution in [2.75, 3.05) is 17.7 Å². The highest BCUT2D eigenvalue weighted by Crippen LogP contribution is 2.15. The maximum atomic E-state index is 12.1. The van der Waals surface area contributed by atoms with E-state index in [1.54, 1.807) is 32.2 Å². The third-order valence-electron chi connectivity index (χ3n) is 3.34. The van der Waals surface area contributed by atoms with Crippen LogP contribution in [0.1, 0.15) is 11.3 Å². The van der Waals surface area contributed by atoms with Gasteiger partial charge in [0.15, 0.2) is 17.5 Å². The van der Waals surface area contributed by atoms with Crippen LogP contribution in [0.25, 0.3) is 0 Å². The molecule has 3 aromatic rings. The van der Waals surface area contributed by atoms with Gasteiger partial charge in [-0.3, -0.25) is 4.79 Å². The molecule has 2 heterocycles. The number of aryl methyl sites for hydroxylation is 1. The number of nitrogens with one attached hydrogen (secondary N) is 2. The predicted molar refractivity (Wildman–Crippen MR) is 91.9 cm³/mol. The van der Waals surface area contributed by atoms with Crippen LogP contribution in [0.15, 0.2) is 47.0 Å². The summed E-state index contributed by atoms with van der Waals surface area (Å²) in [5, 5.41) is 17.4. The van der Waals surface area contributed by atoms with Crippen molar-refractivity contribution in [3.63, 3.8) is 0 Å². The summed E-state index contributed by atoms with van der Waals surface area (Å²) in [6, 6.07) is 12.4. The van der Waals surface area contributed by atoms with Crippen LogP contribution >= 0.6 is 0 Å². The first-order chi connectivity index (χ1) is 12.1. The maximum absolute atomic E-state index is 12.1. The maximum Gasteiger partial charge on any atom is 0.229 e. The van der Waals surface area contributed by atoms with E-state index in [1.165, 1.54) is 0 Å². The third kappa shape index (κ3) is 4.54. The highest BCUT2D eigenvalue weighted by atomic mass is 16.5. The molecule has 25 heavy (non-hydrogen) atoms. The zero-order chi connectivity index (χ0) is 17.6. The molecule has 0 saturated heterocycles. The van der Waals surface area contributed by atoms with Crippen molar-refractivity contribution in [2.45, 2.75) is 13.3 Å². The standard InChI is InChI=1S/C17H17N5O3/c1-11-9-16(22-25-11)18-14-7-8-15(21-20-14)19-17(23)10-12-3-5-13(24-2)6-4-12/h3-9H,10H2,1-2H3,(H,18,20,22)(H,19,21,23). The summed E-state index contributed by atoms with van der Waals surface area (Å²) < 4.78 is 10.0. The average Bonchev–Trinajstić information content (AvgIpc) is 3.02. The summed E-state index contributed by atoms with van der Waals surface area (Å²) >= 11 is 0. The van der Waals surface area contributed by atoms with Gasteiger partial charge in [-0.2, -0.15) is 0 Å². The summed E-state index contributed by atoms with van der Waals surface area (Å²) in [6.07, 6.45) is 0.240. The molecule has 0 unspecified atom stereocenters. The number of rotatable bonds is 6. The van der Waals surface area contributed by atoms with Gasteiger partial charge in [0.05, 0.1) is 13.5 Å². The Morgan fingerprint density at radius 1 is 1.08 bits per heavy atom. The number of hydrogen-bond acceptors (Lipinski definition) is 7. The molecule has 0 saturated carbocycles. The van der Waals surface area contributed by atoms with Gasteiger partial charge in [0.1, 0.15) is 11.5 Å². The quantitative estimate of drug-likeness (QED) is 0.712. The lowest BCUT2D eigenvalue weighted by Crippen LogP contribution is -2.15. The Kier molecular flexibility index (Phi) is 4.89. The van der Waals surface area contributed by atoms with Crippen molar-refractivity contribution in [1.82, 2.24) is 15.4 Å². The highest BCUT2D eigenvalue weighted by molar-refractivity contribution is 5.91. The first kappa shape index (κ1) is 16.4. The molecule has 1 aromatic carbocycles. The van der Waals surface area contributed by atoms with Crippen molar-refractivity contribution < 1.29 is 14.1 Å². The summed E-state index contributed by atoms with van der Waals surface area (Å²) in [5.41, 5.74) is 0.881. The first-order valence-electron chi connectivity index (χ1n) is 7.59. The number of aromatic nitrogens is 3. The molecule has 0 fully saturated rings. The molecule has 8 heteroatoms. The van der Waals surface area contributed by atoms with E-state index in [9.17, 15) is 4.79 Å². The molecule has 128 valence electrons. The van der Waals surface area contributed by atoms with Gasteiger partial charge in [0.2, 0.25) is 5.91 Å². The molecule has 0 atom stereocenters.